The number of rotatable bonds is 3. The number of carbonyl (C=O) groups excluding carboxylic acids is 2. The molecule has 0 radical (unpaired) electrons. The van der Waals surface area contributed by atoms with Crippen molar-refractivity contribution in [3.63, 3.8) is 0 Å². The molecule has 1 atom stereocenters. The van der Waals surface area contributed by atoms with Crippen molar-refractivity contribution in [3.05, 3.63) is 64.7 Å². The number of nitrogens with one attached hydrogen (secondary N) is 2. The summed E-state index contributed by atoms with van der Waals surface area (Å²) in [6, 6.07) is 13.5. The molecule has 1 unspecified atom stereocenters. The number of fused-ring (bicyclic) bond motifs is 1. The summed E-state index contributed by atoms with van der Waals surface area (Å²) in [7, 11) is 0. The molecule has 0 saturated carbocycles. The predicted molar refractivity (Wildman–Crippen MR) is 101 cm³/mol. The molecule has 2 aromatic rings. The number of amides is 2. The molecule has 0 bridgehead atoms. The van der Waals surface area contributed by atoms with Gasteiger partial charge < -0.3 is 15.7 Å². The Bertz CT molecular complexity index is 847. The van der Waals surface area contributed by atoms with Gasteiger partial charge in [-0.2, -0.15) is 0 Å². The molecule has 5 nitrogen and oxygen atoms in total. The SMILES string of the molecule is Cc1ccc(NC(=O)C(=O)NCC2(O)CCc3ccccc3C2)cc1C. The Morgan fingerprint density at radius 2 is 1.77 bits per heavy atom. The van der Waals surface area contributed by atoms with Crippen LogP contribution in [0.15, 0.2) is 42.5 Å². The van der Waals surface area contributed by atoms with Crippen molar-refractivity contribution in [1.82, 2.24) is 5.32 Å². The molecule has 0 fully saturated rings. The minimum Gasteiger partial charge on any atom is -0.388 e. The third-order valence-electron chi connectivity index (χ3n) is 5.05. The van der Waals surface area contributed by atoms with Gasteiger partial charge in [-0.05, 0) is 61.1 Å². The Balaban J connectivity index is 1.56. The van der Waals surface area contributed by atoms with E-state index in [-0.39, 0.29) is 6.54 Å². The first-order chi connectivity index (χ1) is 12.4. The molecule has 1 aliphatic carbocycles. The number of aryl methyl sites for hydroxylation is 3. The molecule has 1 aliphatic rings. The molecule has 3 N–H and O–H groups in total. The van der Waals surface area contributed by atoms with E-state index >= 15 is 0 Å². The molecule has 0 aromatic heterocycles. The summed E-state index contributed by atoms with van der Waals surface area (Å²) in [5, 5.41) is 15.9. The van der Waals surface area contributed by atoms with Gasteiger partial charge in [0, 0.05) is 18.7 Å². The third-order valence-corrected chi connectivity index (χ3v) is 5.05. The van der Waals surface area contributed by atoms with Crippen molar-refractivity contribution in [2.75, 3.05) is 11.9 Å². The average molecular weight is 352 g/mol. The van der Waals surface area contributed by atoms with E-state index in [1.807, 2.05) is 44.2 Å². The van der Waals surface area contributed by atoms with Crippen LogP contribution in [0.1, 0.15) is 28.7 Å². The van der Waals surface area contributed by atoms with Gasteiger partial charge in [-0.1, -0.05) is 30.3 Å². The number of aliphatic hydroxyl groups is 1. The molecule has 0 saturated heterocycles. The van der Waals surface area contributed by atoms with Crippen LogP contribution in [0.5, 0.6) is 0 Å². The van der Waals surface area contributed by atoms with E-state index in [0.717, 1.165) is 23.1 Å². The molecule has 2 amide bonds. The molecule has 136 valence electrons. The van der Waals surface area contributed by atoms with Gasteiger partial charge in [0.1, 0.15) is 0 Å². The Labute approximate surface area is 153 Å². The van der Waals surface area contributed by atoms with Crippen LogP contribution in [0.4, 0.5) is 5.69 Å². The number of hydrogen-bond donors (Lipinski definition) is 3. The van der Waals surface area contributed by atoms with Gasteiger partial charge in [0.05, 0.1) is 5.60 Å². The van der Waals surface area contributed by atoms with Crippen LogP contribution in [0.3, 0.4) is 0 Å². The van der Waals surface area contributed by atoms with E-state index in [0.29, 0.717) is 18.5 Å². The van der Waals surface area contributed by atoms with Crippen molar-refractivity contribution in [1.29, 1.82) is 0 Å². The second kappa shape index (κ2) is 7.30. The van der Waals surface area contributed by atoms with Gasteiger partial charge in [-0.3, -0.25) is 9.59 Å². The lowest BCUT2D eigenvalue weighted by atomic mass is 9.80. The van der Waals surface area contributed by atoms with Crippen molar-refractivity contribution < 1.29 is 14.7 Å². The fraction of sp³-hybridized carbons (Fsp3) is 0.333. The predicted octanol–water partition coefficient (Wildman–Crippen LogP) is 2.28. The smallest absolute Gasteiger partial charge is 0.313 e. The maximum Gasteiger partial charge on any atom is 0.313 e. The van der Waals surface area contributed by atoms with Crippen LogP contribution in [0.25, 0.3) is 0 Å². The summed E-state index contributed by atoms with van der Waals surface area (Å²) in [5.41, 5.74) is 4.04. The minimum atomic E-state index is -1.02. The van der Waals surface area contributed by atoms with E-state index in [2.05, 4.69) is 16.7 Å². The lowest BCUT2D eigenvalue weighted by Crippen LogP contribution is -2.49. The number of benzene rings is 2. The maximum atomic E-state index is 12.1. The lowest BCUT2D eigenvalue weighted by Gasteiger charge is -2.33. The molecule has 3 rings (SSSR count). The largest absolute Gasteiger partial charge is 0.388 e. The first-order valence-electron chi connectivity index (χ1n) is 8.82. The summed E-state index contributed by atoms with van der Waals surface area (Å²) >= 11 is 0. The van der Waals surface area contributed by atoms with Gasteiger partial charge in [0.25, 0.3) is 0 Å². The van der Waals surface area contributed by atoms with Crippen molar-refractivity contribution in [2.45, 2.75) is 38.7 Å². The fourth-order valence-corrected chi connectivity index (χ4v) is 3.27. The fourth-order valence-electron chi connectivity index (χ4n) is 3.27. The highest BCUT2D eigenvalue weighted by atomic mass is 16.3. The second-order valence-electron chi connectivity index (χ2n) is 7.11. The van der Waals surface area contributed by atoms with Crippen molar-refractivity contribution >= 4 is 17.5 Å². The van der Waals surface area contributed by atoms with E-state index < -0.39 is 17.4 Å². The molecular weight excluding hydrogens is 328 g/mol. The quantitative estimate of drug-likeness (QED) is 0.742. The maximum absolute atomic E-state index is 12.1. The highest BCUT2D eigenvalue weighted by Gasteiger charge is 2.32. The number of carbonyl (C=O) groups is 2. The third kappa shape index (κ3) is 4.11. The summed E-state index contributed by atoms with van der Waals surface area (Å²) < 4.78 is 0. The summed E-state index contributed by atoms with van der Waals surface area (Å²) in [6.07, 6.45) is 1.79. The van der Waals surface area contributed by atoms with Gasteiger partial charge in [-0.25, -0.2) is 0 Å². The van der Waals surface area contributed by atoms with Gasteiger partial charge >= 0.3 is 11.8 Å². The summed E-state index contributed by atoms with van der Waals surface area (Å²) in [5.74, 6) is -1.47. The normalized spacial score (nSPS) is 18.7. The number of hydrogen-bond acceptors (Lipinski definition) is 3. The molecule has 0 spiro atoms. The average Bonchev–Trinajstić information content (AvgIpc) is 2.62. The highest BCUT2D eigenvalue weighted by Crippen LogP contribution is 2.28. The molecular formula is C21H24N2O3. The molecule has 0 aliphatic heterocycles. The van der Waals surface area contributed by atoms with E-state index in [1.54, 1.807) is 6.07 Å². The van der Waals surface area contributed by atoms with Crippen molar-refractivity contribution in [3.8, 4) is 0 Å². The first-order valence-corrected chi connectivity index (χ1v) is 8.82. The van der Waals surface area contributed by atoms with Crippen LogP contribution >= 0.6 is 0 Å². The topological polar surface area (TPSA) is 78.4 Å². The molecule has 0 heterocycles. The van der Waals surface area contributed by atoms with E-state index in [9.17, 15) is 14.7 Å². The Hall–Kier alpha value is -2.66. The van der Waals surface area contributed by atoms with Crippen LogP contribution in [0.2, 0.25) is 0 Å². The monoisotopic (exact) mass is 352 g/mol. The van der Waals surface area contributed by atoms with Crippen LogP contribution < -0.4 is 10.6 Å². The lowest BCUT2D eigenvalue weighted by molar-refractivity contribution is -0.136. The van der Waals surface area contributed by atoms with Crippen molar-refractivity contribution in [2.24, 2.45) is 0 Å². The van der Waals surface area contributed by atoms with Gasteiger partial charge in [-0.15, -0.1) is 0 Å². The van der Waals surface area contributed by atoms with Crippen LogP contribution in [-0.4, -0.2) is 29.1 Å². The molecule has 26 heavy (non-hydrogen) atoms. The van der Waals surface area contributed by atoms with Gasteiger partial charge in [0.15, 0.2) is 0 Å². The van der Waals surface area contributed by atoms with Crippen LogP contribution in [-0.2, 0) is 22.4 Å². The zero-order valence-corrected chi connectivity index (χ0v) is 15.1. The Kier molecular flexibility index (Phi) is 5.09. The first kappa shape index (κ1) is 18.1. The standard InChI is InChI=1S/C21H24N2O3/c1-14-7-8-18(11-15(14)2)23-20(25)19(24)22-13-21(26)10-9-16-5-3-4-6-17(16)12-21/h3-8,11,26H,9-10,12-13H2,1-2H3,(H,22,24)(H,23,25). The zero-order chi connectivity index (χ0) is 18.7. The van der Waals surface area contributed by atoms with Crippen LogP contribution in [0, 0.1) is 13.8 Å². The second-order valence-corrected chi connectivity index (χ2v) is 7.11. The minimum absolute atomic E-state index is 0.0561. The summed E-state index contributed by atoms with van der Waals surface area (Å²) in [6.45, 7) is 3.98. The van der Waals surface area contributed by atoms with E-state index in [1.165, 1.54) is 5.56 Å². The molecule has 2 aromatic carbocycles. The molecule has 5 heteroatoms. The Morgan fingerprint density at radius 1 is 1.04 bits per heavy atom. The van der Waals surface area contributed by atoms with E-state index in [4.69, 9.17) is 0 Å². The number of anilines is 1. The summed E-state index contributed by atoms with van der Waals surface area (Å²) in [4.78, 5) is 24.2. The zero-order valence-electron chi connectivity index (χ0n) is 15.1. The van der Waals surface area contributed by atoms with Gasteiger partial charge in [0.2, 0.25) is 0 Å². The highest BCUT2D eigenvalue weighted by molar-refractivity contribution is 6.39. The Morgan fingerprint density at radius 3 is 2.50 bits per heavy atom.